The Morgan fingerprint density at radius 1 is 1.17 bits per heavy atom. The monoisotopic (exact) mass is 402 g/mol. The molecule has 4 aromatic rings. The first-order chi connectivity index (χ1) is 14.5. The fourth-order valence-electron chi connectivity index (χ4n) is 4.32. The zero-order valence-corrected chi connectivity index (χ0v) is 17.5. The Morgan fingerprint density at radius 3 is 2.80 bits per heavy atom. The van der Waals surface area contributed by atoms with Crippen molar-refractivity contribution in [2.24, 2.45) is 5.73 Å². The molecule has 0 amide bonds. The summed E-state index contributed by atoms with van der Waals surface area (Å²) >= 11 is 0. The van der Waals surface area contributed by atoms with E-state index >= 15 is 0 Å². The normalized spacial score (nSPS) is 18.3. The minimum absolute atomic E-state index is 0.268. The smallest absolute Gasteiger partial charge is 0.187 e. The van der Waals surface area contributed by atoms with E-state index in [0.717, 1.165) is 58.9 Å². The van der Waals surface area contributed by atoms with Crippen molar-refractivity contribution in [2.45, 2.75) is 32.4 Å². The number of hydrogen-bond donors (Lipinski definition) is 1. The van der Waals surface area contributed by atoms with Crippen LogP contribution in [0.3, 0.4) is 0 Å². The van der Waals surface area contributed by atoms with Crippen molar-refractivity contribution in [2.75, 3.05) is 20.2 Å². The Labute approximate surface area is 175 Å². The van der Waals surface area contributed by atoms with Gasteiger partial charge in [0.2, 0.25) is 0 Å². The van der Waals surface area contributed by atoms with E-state index in [4.69, 9.17) is 15.5 Å². The number of aromatic nitrogens is 4. The number of methoxy groups -OCH3 is 1. The first kappa shape index (κ1) is 19.0. The van der Waals surface area contributed by atoms with Gasteiger partial charge in [-0.25, -0.2) is 4.98 Å². The molecule has 1 aliphatic heterocycles. The molecule has 1 aliphatic rings. The Bertz CT molecular complexity index is 1230. The number of ether oxygens (including phenoxy) is 1. The lowest BCUT2D eigenvalue weighted by molar-refractivity contribution is 0.259. The summed E-state index contributed by atoms with van der Waals surface area (Å²) in [5.74, 6) is 1.57. The molecule has 0 bridgehead atoms. The summed E-state index contributed by atoms with van der Waals surface area (Å²) in [7, 11) is 1.68. The highest BCUT2D eigenvalue weighted by Gasteiger charge is 2.25. The number of benzene rings is 1. The van der Waals surface area contributed by atoms with Crippen molar-refractivity contribution >= 4 is 16.6 Å². The maximum absolute atomic E-state index is 6.11. The molecule has 154 valence electrons. The number of nitrogens with zero attached hydrogens (tertiary/aromatic N) is 5. The highest BCUT2D eigenvalue weighted by Crippen LogP contribution is 2.28. The van der Waals surface area contributed by atoms with Gasteiger partial charge in [0.25, 0.3) is 0 Å². The Hall–Kier alpha value is -3.03. The van der Waals surface area contributed by atoms with Crippen LogP contribution in [-0.4, -0.2) is 50.7 Å². The van der Waals surface area contributed by atoms with Gasteiger partial charge in [0, 0.05) is 42.8 Å². The zero-order chi connectivity index (χ0) is 20.8. The maximum Gasteiger partial charge on any atom is 0.187 e. The second-order valence-corrected chi connectivity index (χ2v) is 8.14. The number of fused-ring (bicyclic) bond motifs is 2. The minimum Gasteiger partial charge on any atom is -0.496 e. The van der Waals surface area contributed by atoms with Gasteiger partial charge < -0.3 is 10.5 Å². The molecule has 0 spiro atoms. The van der Waals surface area contributed by atoms with Crippen LogP contribution in [0.1, 0.15) is 30.5 Å². The third kappa shape index (κ3) is 3.20. The Kier molecular flexibility index (Phi) is 4.64. The van der Waals surface area contributed by atoms with Crippen molar-refractivity contribution in [3.05, 3.63) is 53.7 Å². The maximum atomic E-state index is 6.11. The highest BCUT2D eigenvalue weighted by atomic mass is 16.5. The Morgan fingerprint density at radius 2 is 2.03 bits per heavy atom. The lowest BCUT2D eigenvalue weighted by Gasteiger charge is -2.24. The van der Waals surface area contributed by atoms with Crippen molar-refractivity contribution in [3.63, 3.8) is 0 Å². The van der Waals surface area contributed by atoms with Crippen molar-refractivity contribution in [1.29, 1.82) is 0 Å². The SMILES string of the molecule is COc1cc2nc(-c3nnc4ccc([C@H](C)N5CC[C@H](N)C5)cn34)ccc2cc1C. The van der Waals surface area contributed by atoms with Crippen LogP contribution in [0.5, 0.6) is 5.75 Å². The molecule has 1 fully saturated rings. The van der Waals surface area contributed by atoms with E-state index in [9.17, 15) is 0 Å². The van der Waals surface area contributed by atoms with Crippen LogP contribution in [0, 0.1) is 6.92 Å². The van der Waals surface area contributed by atoms with Crippen molar-refractivity contribution in [1.82, 2.24) is 24.5 Å². The summed E-state index contributed by atoms with van der Waals surface area (Å²) < 4.78 is 7.49. The van der Waals surface area contributed by atoms with Crippen LogP contribution in [0.25, 0.3) is 28.1 Å². The van der Waals surface area contributed by atoms with Gasteiger partial charge >= 0.3 is 0 Å². The molecule has 4 heterocycles. The molecule has 30 heavy (non-hydrogen) atoms. The number of hydrogen-bond acceptors (Lipinski definition) is 6. The molecule has 1 saturated heterocycles. The number of likely N-dealkylation sites (tertiary alicyclic amines) is 1. The van der Waals surface area contributed by atoms with E-state index in [2.05, 4.69) is 46.4 Å². The summed E-state index contributed by atoms with van der Waals surface area (Å²) in [6.07, 6.45) is 3.18. The lowest BCUT2D eigenvalue weighted by Crippen LogP contribution is -2.28. The fraction of sp³-hybridized carbons (Fsp3) is 0.348. The quantitative estimate of drug-likeness (QED) is 0.564. The number of rotatable bonds is 4. The van der Waals surface area contributed by atoms with E-state index in [1.807, 2.05) is 29.5 Å². The highest BCUT2D eigenvalue weighted by molar-refractivity contribution is 5.83. The summed E-state index contributed by atoms with van der Waals surface area (Å²) in [6.45, 7) is 6.23. The van der Waals surface area contributed by atoms with E-state index < -0.39 is 0 Å². The molecular formula is C23H26N6O. The standard InChI is InChI=1S/C23H26N6O/c1-14-10-16-4-6-19(25-20(16)11-21(14)30-3)23-27-26-22-7-5-17(12-29(22)23)15(2)28-9-8-18(24)13-28/h4-7,10-12,15,18H,8-9,13,24H2,1-3H3/t15-,18-/m0/s1. The van der Waals surface area contributed by atoms with Gasteiger partial charge in [-0.15, -0.1) is 10.2 Å². The van der Waals surface area contributed by atoms with Crippen LogP contribution in [0.2, 0.25) is 0 Å². The minimum atomic E-state index is 0.268. The van der Waals surface area contributed by atoms with E-state index in [1.54, 1.807) is 7.11 Å². The second-order valence-electron chi connectivity index (χ2n) is 8.14. The molecule has 3 aromatic heterocycles. The molecule has 2 atom stereocenters. The number of pyridine rings is 2. The van der Waals surface area contributed by atoms with Crippen LogP contribution >= 0.6 is 0 Å². The number of aryl methyl sites for hydroxylation is 1. The molecule has 5 rings (SSSR count). The molecule has 7 nitrogen and oxygen atoms in total. The van der Waals surface area contributed by atoms with Gasteiger partial charge in [-0.3, -0.25) is 9.30 Å². The van der Waals surface area contributed by atoms with Crippen LogP contribution in [-0.2, 0) is 0 Å². The third-order valence-corrected chi connectivity index (χ3v) is 6.15. The molecule has 0 aliphatic carbocycles. The van der Waals surface area contributed by atoms with Gasteiger partial charge in [-0.05, 0) is 49.6 Å². The first-order valence-electron chi connectivity index (χ1n) is 10.3. The Balaban J connectivity index is 1.56. The van der Waals surface area contributed by atoms with E-state index in [1.165, 1.54) is 5.56 Å². The topological polar surface area (TPSA) is 81.6 Å². The van der Waals surface area contributed by atoms with Gasteiger partial charge in [0.1, 0.15) is 11.4 Å². The number of nitrogens with two attached hydrogens (primary N) is 1. The average Bonchev–Trinajstić information content (AvgIpc) is 3.38. The lowest BCUT2D eigenvalue weighted by atomic mass is 10.1. The predicted molar refractivity (Wildman–Crippen MR) is 118 cm³/mol. The van der Waals surface area contributed by atoms with Gasteiger partial charge in [0.05, 0.1) is 12.6 Å². The summed E-state index contributed by atoms with van der Waals surface area (Å²) in [5.41, 5.74) is 10.9. The molecule has 0 unspecified atom stereocenters. The largest absolute Gasteiger partial charge is 0.496 e. The van der Waals surface area contributed by atoms with Crippen LogP contribution < -0.4 is 10.5 Å². The van der Waals surface area contributed by atoms with E-state index in [0.29, 0.717) is 0 Å². The summed E-state index contributed by atoms with van der Waals surface area (Å²) in [4.78, 5) is 7.28. The molecule has 7 heteroatoms. The van der Waals surface area contributed by atoms with Crippen LogP contribution in [0.4, 0.5) is 0 Å². The zero-order valence-electron chi connectivity index (χ0n) is 17.5. The molecule has 2 N–H and O–H groups in total. The van der Waals surface area contributed by atoms with Crippen LogP contribution in [0.15, 0.2) is 42.6 Å². The third-order valence-electron chi connectivity index (χ3n) is 6.15. The second kappa shape index (κ2) is 7.34. The van der Waals surface area contributed by atoms with Gasteiger partial charge in [0.15, 0.2) is 11.5 Å². The predicted octanol–water partition coefficient (Wildman–Crippen LogP) is 3.36. The first-order valence-corrected chi connectivity index (χ1v) is 10.3. The molecule has 1 aromatic carbocycles. The molecule has 0 saturated carbocycles. The average molecular weight is 403 g/mol. The van der Waals surface area contributed by atoms with Gasteiger partial charge in [-0.2, -0.15) is 0 Å². The molecule has 0 radical (unpaired) electrons. The van der Waals surface area contributed by atoms with E-state index in [-0.39, 0.29) is 12.1 Å². The van der Waals surface area contributed by atoms with Crippen molar-refractivity contribution in [3.8, 4) is 17.3 Å². The van der Waals surface area contributed by atoms with Gasteiger partial charge in [-0.1, -0.05) is 12.1 Å². The van der Waals surface area contributed by atoms with Crippen molar-refractivity contribution < 1.29 is 4.74 Å². The fourth-order valence-corrected chi connectivity index (χ4v) is 4.32. The molecular weight excluding hydrogens is 376 g/mol. The summed E-state index contributed by atoms with van der Waals surface area (Å²) in [6, 6.07) is 12.8. The summed E-state index contributed by atoms with van der Waals surface area (Å²) in [5, 5.41) is 9.85.